The van der Waals surface area contributed by atoms with Crippen LogP contribution in [0.25, 0.3) is 0 Å². The molecular weight excluding hydrogens is 242 g/mol. The summed E-state index contributed by atoms with van der Waals surface area (Å²) < 4.78 is 0. The molecule has 0 bridgehead atoms. The molecule has 5 nitrogen and oxygen atoms in total. The van der Waals surface area contributed by atoms with Crippen LogP contribution in [0.4, 0.5) is 4.79 Å². The number of hydrogen-bond donors (Lipinski definition) is 2. The van der Waals surface area contributed by atoms with Gasteiger partial charge in [-0.25, -0.2) is 4.79 Å². The summed E-state index contributed by atoms with van der Waals surface area (Å²) in [5.74, 6) is 0.667. The van der Waals surface area contributed by atoms with Crippen molar-refractivity contribution in [3.63, 3.8) is 0 Å². The summed E-state index contributed by atoms with van der Waals surface area (Å²) in [6.07, 6.45) is 8.89. The summed E-state index contributed by atoms with van der Waals surface area (Å²) in [7, 11) is 0. The number of likely N-dealkylation sites (tertiary alicyclic amines) is 1. The molecule has 2 aliphatic carbocycles. The van der Waals surface area contributed by atoms with E-state index in [0.717, 1.165) is 25.7 Å². The molecule has 0 unspecified atom stereocenters. The molecule has 0 spiro atoms. The molecule has 3 fully saturated rings. The zero-order chi connectivity index (χ0) is 13.5. The maximum absolute atomic E-state index is 12.4. The molecule has 2 saturated carbocycles. The van der Waals surface area contributed by atoms with Gasteiger partial charge in [0.25, 0.3) is 0 Å². The second kappa shape index (κ2) is 4.69. The fraction of sp³-hybridized carbons (Fsp3) is 0.857. The lowest BCUT2D eigenvalue weighted by molar-refractivity contribution is -0.126. The topological polar surface area (TPSA) is 75.4 Å². The molecule has 0 aromatic rings. The van der Waals surface area contributed by atoms with Crippen LogP contribution in [-0.2, 0) is 4.79 Å². The Morgan fingerprint density at radius 1 is 1.11 bits per heavy atom. The minimum atomic E-state index is -0.469. The third-order valence-corrected chi connectivity index (χ3v) is 5.14. The molecule has 106 valence electrons. The van der Waals surface area contributed by atoms with Crippen molar-refractivity contribution >= 4 is 11.9 Å². The summed E-state index contributed by atoms with van der Waals surface area (Å²) >= 11 is 0. The molecule has 0 aromatic heterocycles. The van der Waals surface area contributed by atoms with E-state index >= 15 is 0 Å². The van der Waals surface area contributed by atoms with E-state index in [4.69, 9.17) is 5.73 Å². The predicted octanol–water partition coefficient (Wildman–Crippen LogP) is 1.37. The number of urea groups is 1. The standard InChI is InChI=1S/C14H23N3O2/c15-13(19)17-9-3-6-11(17)12(18)16-14(7-8-14)10-4-1-2-5-10/h10-11H,1-9H2,(H2,15,19)(H,16,18)/t11-/m0/s1. The van der Waals surface area contributed by atoms with Gasteiger partial charge in [0.2, 0.25) is 5.91 Å². The zero-order valence-corrected chi connectivity index (χ0v) is 11.4. The minimum Gasteiger partial charge on any atom is -0.351 e. The van der Waals surface area contributed by atoms with Gasteiger partial charge in [0.15, 0.2) is 0 Å². The van der Waals surface area contributed by atoms with Gasteiger partial charge in [0, 0.05) is 12.1 Å². The average molecular weight is 265 g/mol. The van der Waals surface area contributed by atoms with Crippen LogP contribution in [0.5, 0.6) is 0 Å². The van der Waals surface area contributed by atoms with Crippen molar-refractivity contribution in [3.05, 3.63) is 0 Å². The Kier molecular flexibility index (Phi) is 3.15. The smallest absolute Gasteiger partial charge is 0.315 e. The third kappa shape index (κ3) is 2.30. The molecule has 3 amide bonds. The molecule has 0 radical (unpaired) electrons. The molecule has 1 heterocycles. The van der Waals surface area contributed by atoms with E-state index in [9.17, 15) is 9.59 Å². The molecule has 3 N–H and O–H groups in total. The van der Waals surface area contributed by atoms with E-state index in [1.54, 1.807) is 0 Å². The fourth-order valence-corrected chi connectivity index (χ4v) is 3.88. The highest BCUT2D eigenvalue weighted by Gasteiger charge is 2.52. The first kappa shape index (κ1) is 12.8. The van der Waals surface area contributed by atoms with Crippen molar-refractivity contribution in [1.82, 2.24) is 10.2 Å². The van der Waals surface area contributed by atoms with E-state index in [0.29, 0.717) is 12.5 Å². The van der Waals surface area contributed by atoms with Crippen LogP contribution in [0, 0.1) is 5.92 Å². The zero-order valence-electron chi connectivity index (χ0n) is 11.4. The van der Waals surface area contributed by atoms with Gasteiger partial charge in [-0.3, -0.25) is 4.79 Å². The Balaban J connectivity index is 1.63. The van der Waals surface area contributed by atoms with Gasteiger partial charge in [-0.1, -0.05) is 12.8 Å². The second-order valence-electron chi connectivity index (χ2n) is 6.32. The lowest BCUT2D eigenvalue weighted by Crippen LogP contribution is -2.52. The number of hydrogen-bond acceptors (Lipinski definition) is 2. The first-order chi connectivity index (χ1) is 9.12. The van der Waals surface area contributed by atoms with Crippen molar-refractivity contribution in [1.29, 1.82) is 0 Å². The molecule has 1 saturated heterocycles. The molecular formula is C14H23N3O2. The van der Waals surface area contributed by atoms with Crippen molar-refractivity contribution in [3.8, 4) is 0 Å². The van der Waals surface area contributed by atoms with Crippen LogP contribution in [0.3, 0.4) is 0 Å². The Hall–Kier alpha value is -1.26. The largest absolute Gasteiger partial charge is 0.351 e. The van der Waals surface area contributed by atoms with E-state index in [1.165, 1.54) is 30.6 Å². The monoisotopic (exact) mass is 265 g/mol. The predicted molar refractivity (Wildman–Crippen MR) is 71.4 cm³/mol. The number of nitrogens with one attached hydrogen (secondary N) is 1. The van der Waals surface area contributed by atoms with Gasteiger partial charge < -0.3 is 16.0 Å². The Bertz CT molecular complexity index is 386. The first-order valence-corrected chi connectivity index (χ1v) is 7.50. The van der Waals surface area contributed by atoms with Crippen LogP contribution < -0.4 is 11.1 Å². The van der Waals surface area contributed by atoms with Gasteiger partial charge >= 0.3 is 6.03 Å². The molecule has 3 aliphatic rings. The second-order valence-corrected chi connectivity index (χ2v) is 6.32. The van der Waals surface area contributed by atoms with Crippen molar-refractivity contribution < 1.29 is 9.59 Å². The summed E-state index contributed by atoms with van der Waals surface area (Å²) in [5, 5.41) is 3.25. The van der Waals surface area contributed by atoms with Crippen LogP contribution in [0.2, 0.25) is 0 Å². The molecule has 19 heavy (non-hydrogen) atoms. The molecule has 0 aromatic carbocycles. The number of nitrogens with two attached hydrogens (primary N) is 1. The number of primary amides is 1. The highest BCUT2D eigenvalue weighted by Crippen LogP contribution is 2.49. The van der Waals surface area contributed by atoms with Crippen LogP contribution in [0.15, 0.2) is 0 Å². The van der Waals surface area contributed by atoms with Gasteiger partial charge in [-0.15, -0.1) is 0 Å². The number of rotatable bonds is 3. The van der Waals surface area contributed by atoms with Crippen LogP contribution in [-0.4, -0.2) is 35.0 Å². The highest BCUT2D eigenvalue weighted by atomic mass is 16.2. The summed E-state index contributed by atoms with van der Waals surface area (Å²) in [5.41, 5.74) is 5.39. The third-order valence-electron chi connectivity index (χ3n) is 5.14. The maximum atomic E-state index is 12.4. The SMILES string of the molecule is NC(=O)N1CCC[C@H]1C(=O)NC1(C2CCCC2)CC1. The van der Waals surface area contributed by atoms with Crippen molar-refractivity contribution in [2.75, 3.05) is 6.54 Å². The molecule has 3 rings (SSSR count). The quantitative estimate of drug-likeness (QED) is 0.808. The summed E-state index contributed by atoms with van der Waals surface area (Å²) in [4.78, 5) is 25.2. The Morgan fingerprint density at radius 2 is 1.79 bits per heavy atom. The fourth-order valence-electron chi connectivity index (χ4n) is 3.88. The van der Waals surface area contributed by atoms with E-state index in [2.05, 4.69) is 5.32 Å². The van der Waals surface area contributed by atoms with Crippen molar-refractivity contribution in [2.24, 2.45) is 11.7 Å². The van der Waals surface area contributed by atoms with Gasteiger partial charge in [0.05, 0.1) is 0 Å². The van der Waals surface area contributed by atoms with E-state index in [1.807, 2.05) is 0 Å². The Labute approximate surface area is 113 Å². The number of carbonyl (C=O) groups excluding carboxylic acids is 2. The first-order valence-electron chi connectivity index (χ1n) is 7.50. The molecule has 5 heteroatoms. The average Bonchev–Trinajstić information content (AvgIpc) is 2.91. The Morgan fingerprint density at radius 3 is 2.37 bits per heavy atom. The van der Waals surface area contributed by atoms with Gasteiger partial charge in [0.1, 0.15) is 6.04 Å². The van der Waals surface area contributed by atoms with Crippen LogP contribution >= 0.6 is 0 Å². The van der Waals surface area contributed by atoms with E-state index < -0.39 is 6.03 Å². The lowest BCUT2D eigenvalue weighted by Gasteiger charge is -2.28. The van der Waals surface area contributed by atoms with Crippen molar-refractivity contribution in [2.45, 2.75) is 62.9 Å². The molecule has 1 atom stereocenters. The highest BCUT2D eigenvalue weighted by molar-refractivity contribution is 5.87. The van der Waals surface area contributed by atoms with Crippen LogP contribution in [0.1, 0.15) is 51.4 Å². The molecule has 1 aliphatic heterocycles. The van der Waals surface area contributed by atoms with Gasteiger partial charge in [-0.05, 0) is 44.4 Å². The minimum absolute atomic E-state index is 0.0145. The van der Waals surface area contributed by atoms with Gasteiger partial charge in [-0.2, -0.15) is 0 Å². The normalized spacial score (nSPS) is 29.5. The summed E-state index contributed by atoms with van der Waals surface area (Å²) in [6.45, 7) is 0.615. The maximum Gasteiger partial charge on any atom is 0.315 e. The van der Waals surface area contributed by atoms with E-state index in [-0.39, 0.29) is 17.5 Å². The summed E-state index contributed by atoms with van der Waals surface area (Å²) in [6, 6.07) is -0.806. The number of carbonyl (C=O) groups is 2. The number of nitrogens with zero attached hydrogens (tertiary/aromatic N) is 1. The number of amides is 3. The lowest BCUT2D eigenvalue weighted by atomic mass is 9.95.